The lowest BCUT2D eigenvalue weighted by atomic mass is 9.99. The molecule has 0 aromatic heterocycles. The molecule has 0 bridgehead atoms. The molecule has 0 unspecified atom stereocenters. The van der Waals surface area contributed by atoms with Crippen LogP contribution in [0.5, 0.6) is 0 Å². The maximum Gasteiger partial charge on any atom is 0.0788 e. The van der Waals surface area contributed by atoms with Gasteiger partial charge in [-0.25, -0.2) is 0 Å². The summed E-state index contributed by atoms with van der Waals surface area (Å²) in [6.07, 6.45) is 8.03. The van der Waals surface area contributed by atoms with Crippen molar-refractivity contribution in [1.82, 2.24) is 0 Å². The van der Waals surface area contributed by atoms with Gasteiger partial charge in [0.1, 0.15) is 0 Å². The van der Waals surface area contributed by atoms with Crippen LogP contribution in [-0.4, -0.2) is 19.0 Å². The van der Waals surface area contributed by atoms with Crippen molar-refractivity contribution in [3.8, 4) is 0 Å². The molecule has 1 aromatic rings. The molecule has 0 radical (unpaired) electrons. The smallest absolute Gasteiger partial charge is 0.0788 e. The molecule has 1 aliphatic rings. The molecule has 0 saturated heterocycles. The quantitative estimate of drug-likeness (QED) is 0.715. The van der Waals surface area contributed by atoms with Crippen LogP contribution in [0.1, 0.15) is 12.5 Å². The molecular weight excluding hydrogens is 220 g/mol. The number of nitrogens with zero attached hydrogens (tertiary/aromatic N) is 2. The van der Waals surface area contributed by atoms with Crippen LogP contribution in [0.15, 0.2) is 70.2 Å². The summed E-state index contributed by atoms with van der Waals surface area (Å²) in [5.41, 5.74) is 3.93. The number of aliphatic imine (C=N–C) groups is 2. The molecule has 0 amide bonds. The fraction of sp³-hybridized carbons (Fsp3) is 0.125. The Morgan fingerprint density at radius 2 is 1.83 bits per heavy atom. The summed E-state index contributed by atoms with van der Waals surface area (Å²) in [6, 6.07) is 10.1. The van der Waals surface area contributed by atoms with Gasteiger partial charge in [-0.05, 0) is 19.7 Å². The third kappa shape index (κ3) is 2.54. The average Bonchev–Trinajstić information content (AvgIpc) is 2.43. The van der Waals surface area contributed by atoms with Crippen molar-refractivity contribution in [2.24, 2.45) is 9.98 Å². The molecular formula is C16H16N2. The number of allylic oxidation sites excluding steroid dienone is 5. The molecule has 0 aliphatic heterocycles. The Balaban J connectivity index is 2.56. The Morgan fingerprint density at radius 3 is 2.50 bits per heavy atom. The SMILES string of the molecule is C=N/C(=C1/C=CC=CC1=NCC)c1ccccc1. The molecule has 2 heteroatoms. The van der Waals surface area contributed by atoms with Gasteiger partial charge in [0.25, 0.3) is 0 Å². The van der Waals surface area contributed by atoms with Crippen LogP contribution >= 0.6 is 0 Å². The van der Waals surface area contributed by atoms with Crippen LogP contribution in [0.25, 0.3) is 5.70 Å². The standard InChI is InChI=1S/C16H16N2/c1-3-18-15-12-8-7-11-14(15)16(17-2)13-9-5-4-6-10-13/h4-12H,2-3H2,1H3/b16-14-,18-15?. The second-order valence-corrected chi connectivity index (χ2v) is 3.86. The van der Waals surface area contributed by atoms with E-state index in [0.29, 0.717) is 0 Å². The van der Waals surface area contributed by atoms with E-state index in [0.717, 1.165) is 29.1 Å². The number of hydrogen-bond donors (Lipinski definition) is 0. The molecule has 18 heavy (non-hydrogen) atoms. The van der Waals surface area contributed by atoms with Gasteiger partial charge in [0.2, 0.25) is 0 Å². The van der Waals surface area contributed by atoms with Crippen LogP contribution in [0.3, 0.4) is 0 Å². The van der Waals surface area contributed by atoms with E-state index in [4.69, 9.17) is 0 Å². The Kier molecular flexibility index (Phi) is 4.02. The van der Waals surface area contributed by atoms with Crippen molar-refractivity contribution in [2.45, 2.75) is 6.92 Å². The zero-order valence-electron chi connectivity index (χ0n) is 10.5. The molecule has 0 fully saturated rings. The van der Waals surface area contributed by atoms with E-state index < -0.39 is 0 Å². The first-order valence-electron chi connectivity index (χ1n) is 6.02. The predicted octanol–water partition coefficient (Wildman–Crippen LogP) is 3.69. The highest BCUT2D eigenvalue weighted by Gasteiger charge is 2.11. The van der Waals surface area contributed by atoms with Crippen LogP contribution in [-0.2, 0) is 0 Å². The number of rotatable bonds is 3. The van der Waals surface area contributed by atoms with Crippen molar-refractivity contribution in [1.29, 1.82) is 0 Å². The number of hydrogen-bond acceptors (Lipinski definition) is 2. The van der Waals surface area contributed by atoms with Crippen LogP contribution in [0.4, 0.5) is 0 Å². The summed E-state index contributed by atoms with van der Waals surface area (Å²) in [4.78, 5) is 8.67. The highest BCUT2D eigenvalue weighted by Crippen LogP contribution is 2.23. The van der Waals surface area contributed by atoms with Crippen molar-refractivity contribution >= 4 is 18.1 Å². The number of benzene rings is 1. The summed E-state index contributed by atoms with van der Waals surface area (Å²) >= 11 is 0. The van der Waals surface area contributed by atoms with Gasteiger partial charge in [-0.3, -0.25) is 9.98 Å². The predicted molar refractivity (Wildman–Crippen MR) is 79.2 cm³/mol. The molecule has 90 valence electrons. The Bertz CT molecular complexity index is 546. The highest BCUT2D eigenvalue weighted by atomic mass is 14.8. The highest BCUT2D eigenvalue weighted by molar-refractivity contribution is 6.16. The monoisotopic (exact) mass is 236 g/mol. The molecule has 0 N–H and O–H groups in total. The molecule has 0 spiro atoms. The zero-order chi connectivity index (χ0) is 12.8. The second-order valence-electron chi connectivity index (χ2n) is 3.86. The first-order valence-corrected chi connectivity index (χ1v) is 6.02. The van der Waals surface area contributed by atoms with Gasteiger partial charge >= 0.3 is 0 Å². The maximum atomic E-state index is 4.49. The fourth-order valence-corrected chi connectivity index (χ4v) is 1.91. The summed E-state index contributed by atoms with van der Waals surface area (Å²) in [7, 11) is 0. The summed E-state index contributed by atoms with van der Waals surface area (Å²) in [6.45, 7) is 6.47. The first-order chi connectivity index (χ1) is 8.86. The lowest BCUT2D eigenvalue weighted by molar-refractivity contribution is 1.13. The molecule has 0 saturated carbocycles. The molecule has 2 nitrogen and oxygen atoms in total. The van der Waals surface area contributed by atoms with E-state index in [-0.39, 0.29) is 0 Å². The van der Waals surface area contributed by atoms with Crippen LogP contribution in [0.2, 0.25) is 0 Å². The minimum atomic E-state index is 0.760. The van der Waals surface area contributed by atoms with Gasteiger partial charge in [0.05, 0.1) is 11.4 Å². The van der Waals surface area contributed by atoms with Gasteiger partial charge in [-0.2, -0.15) is 0 Å². The summed E-state index contributed by atoms with van der Waals surface area (Å²) in [5, 5.41) is 0. The van der Waals surface area contributed by atoms with E-state index in [1.54, 1.807) is 0 Å². The van der Waals surface area contributed by atoms with E-state index in [1.807, 2.05) is 61.6 Å². The minimum Gasteiger partial charge on any atom is -0.285 e. The van der Waals surface area contributed by atoms with Crippen LogP contribution < -0.4 is 0 Å². The van der Waals surface area contributed by atoms with E-state index in [2.05, 4.69) is 16.7 Å². The molecule has 1 aliphatic carbocycles. The van der Waals surface area contributed by atoms with E-state index in [9.17, 15) is 0 Å². The van der Waals surface area contributed by atoms with E-state index >= 15 is 0 Å². The van der Waals surface area contributed by atoms with Gasteiger partial charge in [-0.15, -0.1) is 0 Å². The summed E-state index contributed by atoms with van der Waals surface area (Å²) < 4.78 is 0. The third-order valence-corrected chi connectivity index (χ3v) is 2.69. The van der Waals surface area contributed by atoms with Crippen LogP contribution in [0, 0.1) is 0 Å². The second kappa shape index (κ2) is 5.92. The van der Waals surface area contributed by atoms with E-state index in [1.165, 1.54) is 0 Å². The van der Waals surface area contributed by atoms with Gasteiger partial charge in [0.15, 0.2) is 0 Å². The van der Waals surface area contributed by atoms with Gasteiger partial charge < -0.3 is 0 Å². The molecule has 0 atom stereocenters. The first kappa shape index (κ1) is 12.2. The Labute approximate surface area is 108 Å². The Hall–Kier alpha value is -2.22. The third-order valence-electron chi connectivity index (χ3n) is 2.69. The van der Waals surface area contributed by atoms with Gasteiger partial charge in [-0.1, -0.05) is 48.6 Å². The molecule has 2 rings (SSSR count). The maximum absolute atomic E-state index is 4.49. The zero-order valence-corrected chi connectivity index (χ0v) is 10.5. The minimum absolute atomic E-state index is 0.760. The largest absolute Gasteiger partial charge is 0.285 e. The molecule has 0 heterocycles. The topological polar surface area (TPSA) is 24.7 Å². The lowest BCUT2D eigenvalue weighted by Crippen LogP contribution is -2.03. The van der Waals surface area contributed by atoms with Crippen molar-refractivity contribution < 1.29 is 0 Å². The normalized spacial score (nSPS) is 19.1. The lowest BCUT2D eigenvalue weighted by Gasteiger charge is -2.11. The molecule has 1 aromatic carbocycles. The average molecular weight is 236 g/mol. The van der Waals surface area contributed by atoms with Gasteiger partial charge in [0, 0.05) is 17.7 Å². The van der Waals surface area contributed by atoms with Crippen molar-refractivity contribution in [3.63, 3.8) is 0 Å². The Morgan fingerprint density at radius 1 is 1.11 bits per heavy atom. The fourth-order valence-electron chi connectivity index (χ4n) is 1.91. The summed E-state index contributed by atoms with van der Waals surface area (Å²) in [5.74, 6) is 0. The van der Waals surface area contributed by atoms with Crippen molar-refractivity contribution in [3.05, 3.63) is 65.8 Å². The van der Waals surface area contributed by atoms with Crippen molar-refractivity contribution in [2.75, 3.05) is 6.54 Å².